The van der Waals surface area contributed by atoms with E-state index in [1.54, 1.807) is 11.5 Å². The third kappa shape index (κ3) is 3.77. The lowest BCUT2D eigenvalue weighted by Crippen LogP contribution is -2.40. The number of benzene rings is 1. The minimum Gasteiger partial charge on any atom is -0.463 e. The fraction of sp³-hybridized carbons (Fsp3) is 0.348. The molecule has 2 heterocycles. The summed E-state index contributed by atoms with van der Waals surface area (Å²) in [4.78, 5) is 31.4. The number of allylic oxidation sites excluding steroid dienone is 3. The Morgan fingerprint density at radius 3 is 2.79 bits per heavy atom. The van der Waals surface area contributed by atoms with Crippen LogP contribution in [0.5, 0.6) is 0 Å². The maximum atomic E-state index is 13.4. The molecule has 1 aliphatic heterocycles. The summed E-state index contributed by atoms with van der Waals surface area (Å²) < 4.78 is 7.66. The van der Waals surface area contributed by atoms with E-state index >= 15 is 0 Å². The van der Waals surface area contributed by atoms with E-state index in [2.05, 4.69) is 23.2 Å². The Hall–Kier alpha value is -2.73. The van der Waals surface area contributed by atoms with Gasteiger partial charge in [-0.05, 0) is 44.6 Å². The predicted octanol–water partition coefficient (Wildman–Crippen LogP) is 3.11. The van der Waals surface area contributed by atoms with Crippen LogP contribution in [0, 0.1) is 5.92 Å². The number of fused-ring (bicyclic) bond motifs is 1. The normalized spacial score (nSPS) is 21.7. The van der Waals surface area contributed by atoms with E-state index in [0.717, 1.165) is 24.8 Å². The van der Waals surface area contributed by atoms with Crippen LogP contribution in [-0.2, 0) is 9.53 Å². The van der Waals surface area contributed by atoms with Crippen molar-refractivity contribution >= 4 is 23.4 Å². The number of aromatic nitrogens is 1. The fourth-order valence-electron chi connectivity index (χ4n) is 3.94. The lowest BCUT2D eigenvalue weighted by atomic mass is 9.94. The minimum absolute atomic E-state index is 0.0912. The average molecular weight is 409 g/mol. The van der Waals surface area contributed by atoms with E-state index in [0.29, 0.717) is 26.5 Å². The monoisotopic (exact) mass is 408 g/mol. The smallest absolute Gasteiger partial charge is 0.338 e. The average Bonchev–Trinajstić information content (AvgIpc) is 3.03. The number of hydrogen-bond acceptors (Lipinski definition) is 5. The van der Waals surface area contributed by atoms with Crippen LogP contribution >= 0.6 is 11.3 Å². The third-order valence-electron chi connectivity index (χ3n) is 5.33. The number of ether oxygens (including phenoxy) is 1. The van der Waals surface area contributed by atoms with Gasteiger partial charge >= 0.3 is 5.97 Å². The van der Waals surface area contributed by atoms with Gasteiger partial charge in [0.1, 0.15) is 0 Å². The van der Waals surface area contributed by atoms with Crippen LogP contribution in [0.25, 0.3) is 6.08 Å². The van der Waals surface area contributed by atoms with E-state index in [-0.39, 0.29) is 12.2 Å². The van der Waals surface area contributed by atoms with Crippen LogP contribution in [0.1, 0.15) is 44.7 Å². The Morgan fingerprint density at radius 2 is 2.10 bits per heavy atom. The van der Waals surface area contributed by atoms with E-state index in [4.69, 9.17) is 4.74 Å². The molecule has 0 saturated heterocycles. The first kappa shape index (κ1) is 19.6. The van der Waals surface area contributed by atoms with Gasteiger partial charge in [-0.3, -0.25) is 9.36 Å². The largest absolute Gasteiger partial charge is 0.463 e. The van der Waals surface area contributed by atoms with Gasteiger partial charge < -0.3 is 4.74 Å². The molecule has 0 saturated carbocycles. The number of thiazole rings is 1. The SMILES string of the molecule is CCOC(=O)C1=C(C)N=c2s/c(=C/[C@H]3CC=CCC3)c(=O)n2[C@H]1c1ccccc1. The topological polar surface area (TPSA) is 60.7 Å². The van der Waals surface area contributed by atoms with Gasteiger partial charge in [-0.25, -0.2) is 9.79 Å². The quantitative estimate of drug-likeness (QED) is 0.577. The second-order valence-electron chi connectivity index (χ2n) is 7.28. The van der Waals surface area contributed by atoms with Crippen molar-refractivity contribution in [1.82, 2.24) is 4.57 Å². The van der Waals surface area contributed by atoms with Crippen LogP contribution in [0.3, 0.4) is 0 Å². The Labute approximate surface area is 173 Å². The third-order valence-corrected chi connectivity index (χ3v) is 6.33. The van der Waals surface area contributed by atoms with Gasteiger partial charge in [0.05, 0.1) is 28.5 Å². The summed E-state index contributed by atoms with van der Waals surface area (Å²) in [6.45, 7) is 3.86. The zero-order valence-corrected chi connectivity index (χ0v) is 17.4. The molecule has 150 valence electrons. The molecule has 5 nitrogen and oxygen atoms in total. The first-order valence-corrected chi connectivity index (χ1v) is 10.8. The van der Waals surface area contributed by atoms with Crippen molar-refractivity contribution in [3.8, 4) is 0 Å². The molecule has 0 fully saturated rings. The van der Waals surface area contributed by atoms with Crippen molar-refractivity contribution in [2.24, 2.45) is 10.9 Å². The van der Waals surface area contributed by atoms with Crippen LogP contribution in [0.4, 0.5) is 0 Å². The molecule has 2 atom stereocenters. The Kier molecular flexibility index (Phi) is 5.62. The molecule has 2 aliphatic rings. The second-order valence-corrected chi connectivity index (χ2v) is 8.29. The van der Waals surface area contributed by atoms with E-state index in [1.807, 2.05) is 37.3 Å². The number of carbonyl (C=O) groups is 1. The molecular formula is C23H24N2O3S. The number of carbonyl (C=O) groups excluding carboxylic acids is 1. The summed E-state index contributed by atoms with van der Waals surface area (Å²) >= 11 is 1.40. The lowest BCUT2D eigenvalue weighted by Gasteiger charge is -2.24. The zero-order chi connectivity index (χ0) is 20.4. The van der Waals surface area contributed by atoms with Crippen molar-refractivity contribution in [3.05, 3.63) is 79.0 Å². The maximum absolute atomic E-state index is 13.4. The second kappa shape index (κ2) is 8.33. The zero-order valence-electron chi connectivity index (χ0n) is 16.6. The van der Waals surface area contributed by atoms with Gasteiger partial charge in [0.25, 0.3) is 5.56 Å². The molecule has 0 unspecified atom stereocenters. The van der Waals surface area contributed by atoms with Crippen molar-refractivity contribution in [2.75, 3.05) is 6.61 Å². The summed E-state index contributed by atoms with van der Waals surface area (Å²) in [7, 11) is 0. The van der Waals surface area contributed by atoms with Crippen LogP contribution in [-0.4, -0.2) is 17.1 Å². The number of rotatable bonds is 4. The highest BCUT2D eigenvalue weighted by Crippen LogP contribution is 2.30. The summed E-state index contributed by atoms with van der Waals surface area (Å²) in [5, 5.41) is 0. The Morgan fingerprint density at radius 1 is 1.31 bits per heavy atom. The summed E-state index contributed by atoms with van der Waals surface area (Å²) in [6.07, 6.45) is 9.50. The first-order chi connectivity index (χ1) is 14.1. The molecule has 0 amide bonds. The molecule has 4 rings (SSSR count). The van der Waals surface area contributed by atoms with Gasteiger partial charge in [0.15, 0.2) is 4.80 Å². The molecule has 0 bridgehead atoms. The summed E-state index contributed by atoms with van der Waals surface area (Å²) in [5.74, 6) is -0.0588. The molecule has 29 heavy (non-hydrogen) atoms. The van der Waals surface area contributed by atoms with Crippen LogP contribution < -0.4 is 14.9 Å². The lowest BCUT2D eigenvalue weighted by molar-refractivity contribution is -0.139. The first-order valence-electron chi connectivity index (χ1n) is 10.00. The molecule has 2 aromatic rings. The van der Waals surface area contributed by atoms with Crippen molar-refractivity contribution in [2.45, 2.75) is 39.2 Å². The number of hydrogen-bond donors (Lipinski definition) is 0. The van der Waals surface area contributed by atoms with Gasteiger partial charge in [0.2, 0.25) is 0 Å². The minimum atomic E-state index is -0.528. The molecule has 0 spiro atoms. The highest BCUT2D eigenvalue weighted by atomic mass is 32.1. The standard InChI is InChI=1S/C23H24N2O3S/c1-3-28-22(27)19-15(2)24-23-25(20(19)17-12-8-5-9-13-17)21(26)18(29-23)14-16-10-6-4-7-11-16/h4-6,8-9,12-14,16,20H,3,7,10-11H2,1-2H3/b18-14+/t16-,20-/m0/s1. The number of esters is 1. The van der Waals surface area contributed by atoms with Gasteiger partial charge in [-0.15, -0.1) is 0 Å². The molecule has 0 radical (unpaired) electrons. The van der Waals surface area contributed by atoms with Crippen molar-refractivity contribution in [1.29, 1.82) is 0 Å². The number of nitrogens with zero attached hydrogens (tertiary/aromatic N) is 2. The highest BCUT2D eigenvalue weighted by molar-refractivity contribution is 7.07. The molecule has 1 aromatic carbocycles. The van der Waals surface area contributed by atoms with E-state index in [1.165, 1.54) is 11.3 Å². The van der Waals surface area contributed by atoms with Crippen LogP contribution in [0.15, 0.2) is 63.5 Å². The Balaban J connectivity index is 1.90. The molecule has 1 aliphatic carbocycles. The summed E-state index contributed by atoms with van der Waals surface area (Å²) in [6, 6.07) is 9.09. The van der Waals surface area contributed by atoms with Gasteiger partial charge in [-0.1, -0.05) is 59.9 Å². The van der Waals surface area contributed by atoms with Crippen LogP contribution in [0.2, 0.25) is 0 Å². The Bertz CT molecular complexity index is 1150. The summed E-state index contributed by atoms with van der Waals surface area (Å²) in [5.41, 5.74) is 1.81. The maximum Gasteiger partial charge on any atom is 0.338 e. The van der Waals surface area contributed by atoms with E-state index < -0.39 is 12.0 Å². The van der Waals surface area contributed by atoms with Crippen molar-refractivity contribution < 1.29 is 9.53 Å². The van der Waals surface area contributed by atoms with Gasteiger partial charge in [-0.2, -0.15) is 0 Å². The molecule has 6 heteroatoms. The van der Waals surface area contributed by atoms with Crippen molar-refractivity contribution in [3.63, 3.8) is 0 Å². The molecule has 0 N–H and O–H groups in total. The van der Waals surface area contributed by atoms with E-state index in [9.17, 15) is 9.59 Å². The molecular weight excluding hydrogens is 384 g/mol. The fourth-order valence-corrected chi connectivity index (χ4v) is 5.05. The van der Waals surface area contributed by atoms with Gasteiger partial charge in [0, 0.05) is 0 Å². The highest BCUT2D eigenvalue weighted by Gasteiger charge is 2.33. The molecule has 1 aromatic heterocycles. The predicted molar refractivity (Wildman–Crippen MR) is 114 cm³/mol.